The van der Waals surface area contributed by atoms with Crippen LogP contribution in [-0.4, -0.2) is 43.6 Å². The molecule has 174 valence electrons. The molecule has 0 bridgehead atoms. The van der Waals surface area contributed by atoms with Crippen LogP contribution in [0.3, 0.4) is 0 Å². The molecule has 8 nitrogen and oxygen atoms in total. The van der Waals surface area contributed by atoms with Crippen LogP contribution in [-0.2, 0) is 9.59 Å². The summed E-state index contributed by atoms with van der Waals surface area (Å²) < 4.78 is 5.47. The Kier molecular flexibility index (Phi) is 6.87. The average Bonchev–Trinajstić information content (AvgIpc) is 3.10. The summed E-state index contributed by atoms with van der Waals surface area (Å²) in [6, 6.07) is 18.2. The number of hydrazone groups is 1. The smallest absolute Gasteiger partial charge is 0.260 e. The number of benzene rings is 3. The molecule has 8 heteroatoms. The van der Waals surface area contributed by atoms with Crippen LogP contribution in [0, 0.1) is 5.92 Å². The van der Waals surface area contributed by atoms with Gasteiger partial charge in [-0.3, -0.25) is 19.3 Å². The lowest BCUT2D eigenvalue weighted by Gasteiger charge is -2.16. The van der Waals surface area contributed by atoms with Crippen LogP contribution >= 0.6 is 0 Å². The minimum atomic E-state index is -0.401. The maximum atomic E-state index is 12.8. The second-order valence-corrected chi connectivity index (χ2v) is 8.42. The van der Waals surface area contributed by atoms with Crippen molar-refractivity contribution >= 4 is 40.4 Å². The summed E-state index contributed by atoms with van der Waals surface area (Å²) in [6.07, 6.45) is 1.50. The number of carbonyl (C=O) groups excluding carboxylic acids is 3. The molecule has 0 radical (unpaired) electrons. The minimum Gasteiger partial charge on any atom is -0.484 e. The van der Waals surface area contributed by atoms with Crippen LogP contribution in [0.4, 0.5) is 5.69 Å². The third-order valence-electron chi connectivity index (χ3n) is 5.31. The molecule has 0 aromatic heterocycles. The van der Waals surface area contributed by atoms with Crippen molar-refractivity contribution in [1.82, 2.24) is 10.7 Å². The third kappa shape index (κ3) is 5.23. The summed E-state index contributed by atoms with van der Waals surface area (Å²) in [5.74, 6) is 0.172. The molecular weight excluding hydrogens is 432 g/mol. The van der Waals surface area contributed by atoms with E-state index in [0.29, 0.717) is 23.8 Å². The van der Waals surface area contributed by atoms with Gasteiger partial charge < -0.3 is 10.1 Å². The van der Waals surface area contributed by atoms with Gasteiger partial charge in [0.15, 0.2) is 6.61 Å². The molecule has 0 atom stereocenters. The van der Waals surface area contributed by atoms with Crippen molar-refractivity contribution < 1.29 is 19.1 Å². The highest BCUT2D eigenvalue weighted by Crippen LogP contribution is 2.36. The molecule has 3 amide bonds. The van der Waals surface area contributed by atoms with Gasteiger partial charge in [0.1, 0.15) is 12.3 Å². The lowest BCUT2D eigenvalue weighted by molar-refractivity contribution is -0.123. The average molecular weight is 459 g/mol. The number of ether oxygens (including phenoxy) is 1. The predicted molar refractivity (Wildman–Crippen MR) is 131 cm³/mol. The molecule has 0 fully saturated rings. The van der Waals surface area contributed by atoms with Gasteiger partial charge in [-0.05, 0) is 53.3 Å². The number of rotatable bonds is 9. The Bertz CT molecular complexity index is 1250. The van der Waals surface area contributed by atoms with Crippen molar-refractivity contribution in [2.75, 3.05) is 24.6 Å². The molecule has 1 aliphatic rings. The van der Waals surface area contributed by atoms with Gasteiger partial charge in [0.2, 0.25) is 0 Å². The molecule has 0 saturated heterocycles. The Morgan fingerprint density at radius 2 is 1.76 bits per heavy atom. The van der Waals surface area contributed by atoms with Crippen LogP contribution in [0.2, 0.25) is 0 Å². The SMILES string of the molecule is CC(C)CNC(=O)COc1ccc(/C=N\NC(=O)CN2C(=O)c3cccc4cccc2c34)cc1. The Morgan fingerprint density at radius 1 is 1.03 bits per heavy atom. The first kappa shape index (κ1) is 23.0. The van der Waals surface area contributed by atoms with Crippen molar-refractivity contribution in [2.45, 2.75) is 13.8 Å². The number of hydrogen-bond acceptors (Lipinski definition) is 5. The summed E-state index contributed by atoms with van der Waals surface area (Å²) in [5, 5.41) is 8.61. The first-order valence-corrected chi connectivity index (χ1v) is 11.1. The van der Waals surface area contributed by atoms with Crippen LogP contribution in [0.5, 0.6) is 5.75 Å². The Balaban J connectivity index is 1.28. The van der Waals surface area contributed by atoms with E-state index in [1.807, 2.05) is 44.2 Å². The van der Waals surface area contributed by atoms with Crippen LogP contribution in [0.15, 0.2) is 65.8 Å². The zero-order valence-corrected chi connectivity index (χ0v) is 19.1. The fraction of sp³-hybridized carbons (Fsp3) is 0.231. The largest absolute Gasteiger partial charge is 0.484 e. The quantitative estimate of drug-likeness (QED) is 0.380. The van der Waals surface area contributed by atoms with Gasteiger partial charge in [-0.25, -0.2) is 5.43 Å². The van der Waals surface area contributed by atoms with E-state index in [0.717, 1.165) is 22.0 Å². The zero-order valence-electron chi connectivity index (χ0n) is 19.1. The van der Waals surface area contributed by atoms with E-state index in [4.69, 9.17) is 4.74 Å². The number of nitrogens with one attached hydrogen (secondary N) is 2. The van der Waals surface area contributed by atoms with E-state index < -0.39 is 5.91 Å². The number of hydrogen-bond donors (Lipinski definition) is 2. The highest BCUT2D eigenvalue weighted by atomic mass is 16.5. The minimum absolute atomic E-state index is 0.0526. The summed E-state index contributed by atoms with van der Waals surface area (Å²) in [6.45, 7) is 4.47. The highest BCUT2D eigenvalue weighted by Gasteiger charge is 2.30. The Morgan fingerprint density at radius 3 is 2.50 bits per heavy atom. The van der Waals surface area contributed by atoms with Crippen molar-refractivity contribution in [2.24, 2.45) is 11.0 Å². The van der Waals surface area contributed by atoms with Crippen LogP contribution in [0.1, 0.15) is 29.8 Å². The van der Waals surface area contributed by atoms with E-state index in [1.165, 1.54) is 11.1 Å². The van der Waals surface area contributed by atoms with Crippen molar-refractivity contribution in [3.8, 4) is 5.75 Å². The van der Waals surface area contributed by atoms with Gasteiger partial charge in [0.05, 0.1) is 11.9 Å². The van der Waals surface area contributed by atoms with E-state index in [-0.39, 0.29) is 25.0 Å². The van der Waals surface area contributed by atoms with E-state index in [9.17, 15) is 14.4 Å². The predicted octanol–water partition coefficient (Wildman–Crippen LogP) is 3.10. The number of anilines is 1. The maximum absolute atomic E-state index is 12.8. The normalized spacial score (nSPS) is 12.6. The third-order valence-corrected chi connectivity index (χ3v) is 5.31. The van der Waals surface area contributed by atoms with Crippen molar-refractivity contribution in [3.63, 3.8) is 0 Å². The van der Waals surface area contributed by atoms with E-state index in [2.05, 4.69) is 15.8 Å². The molecular formula is C26H26N4O4. The molecule has 0 spiro atoms. The fourth-order valence-electron chi connectivity index (χ4n) is 3.66. The summed E-state index contributed by atoms with van der Waals surface area (Å²) in [7, 11) is 0. The molecule has 34 heavy (non-hydrogen) atoms. The lowest BCUT2D eigenvalue weighted by atomic mass is 10.1. The lowest BCUT2D eigenvalue weighted by Crippen LogP contribution is -2.37. The van der Waals surface area contributed by atoms with Crippen LogP contribution < -0.4 is 20.4 Å². The van der Waals surface area contributed by atoms with Gasteiger partial charge in [-0.2, -0.15) is 5.10 Å². The summed E-state index contributed by atoms with van der Waals surface area (Å²) >= 11 is 0. The Hall–Kier alpha value is -4.20. The topological polar surface area (TPSA) is 100 Å². The summed E-state index contributed by atoms with van der Waals surface area (Å²) in [4.78, 5) is 38.4. The first-order chi connectivity index (χ1) is 16.4. The monoisotopic (exact) mass is 458 g/mol. The summed E-state index contributed by atoms with van der Waals surface area (Å²) in [5.41, 5.74) is 4.54. The molecule has 3 aromatic carbocycles. The molecule has 4 rings (SSSR count). The van der Waals surface area contributed by atoms with Crippen LogP contribution in [0.25, 0.3) is 10.8 Å². The molecule has 3 aromatic rings. The van der Waals surface area contributed by atoms with Gasteiger partial charge in [-0.15, -0.1) is 0 Å². The first-order valence-electron chi connectivity index (χ1n) is 11.1. The second-order valence-electron chi connectivity index (χ2n) is 8.42. The standard InChI is InChI=1S/C26H26N4O4/c1-17(2)13-27-24(32)16-34-20-11-9-18(10-12-20)14-28-29-23(31)15-30-22-8-4-6-19-5-3-7-21(25(19)22)26(30)33/h3-12,14,17H,13,15-16H2,1-2H3,(H,27,32)(H,29,31)/b28-14-. The van der Waals surface area contributed by atoms with Gasteiger partial charge in [-0.1, -0.05) is 38.1 Å². The number of carbonyl (C=O) groups is 3. The zero-order chi connectivity index (χ0) is 24.1. The number of amides is 3. The molecule has 1 heterocycles. The molecule has 0 unspecified atom stereocenters. The van der Waals surface area contributed by atoms with Crippen molar-refractivity contribution in [1.29, 1.82) is 0 Å². The molecule has 0 aliphatic carbocycles. The Labute approximate surface area is 197 Å². The fourth-order valence-corrected chi connectivity index (χ4v) is 3.66. The number of nitrogens with zero attached hydrogens (tertiary/aromatic N) is 2. The second kappa shape index (κ2) is 10.2. The van der Waals surface area contributed by atoms with Gasteiger partial charge in [0.25, 0.3) is 17.7 Å². The van der Waals surface area contributed by atoms with Gasteiger partial charge >= 0.3 is 0 Å². The molecule has 1 aliphatic heterocycles. The van der Waals surface area contributed by atoms with E-state index >= 15 is 0 Å². The molecule has 0 saturated carbocycles. The van der Waals surface area contributed by atoms with E-state index in [1.54, 1.807) is 30.3 Å². The molecule has 2 N–H and O–H groups in total. The highest BCUT2D eigenvalue weighted by molar-refractivity contribution is 6.26. The maximum Gasteiger partial charge on any atom is 0.260 e. The van der Waals surface area contributed by atoms with Gasteiger partial charge in [0, 0.05) is 17.5 Å². The van der Waals surface area contributed by atoms with Crippen molar-refractivity contribution in [3.05, 3.63) is 71.8 Å².